The van der Waals surface area contributed by atoms with E-state index in [1.165, 1.54) is 6.26 Å². The Morgan fingerprint density at radius 1 is 1.38 bits per heavy atom. The van der Waals surface area contributed by atoms with Crippen LogP contribution in [0.25, 0.3) is 0 Å². The molecule has 0 atom stereocenters. The predicted octanol–water partition coefficient (Wildman–Crippen LogP) is 3.78. The lowest BCUT2D eigenvalue weighted by molar-refractivity contribution is 0.0911. The molecule has 0 spiro atoms. The van der Waals surface area contributed by atoms with Gasteiger partial charge < -0.3 is 4.42 Å². The molecule has 0 radical (unpaired) electrons. The highest BCUT2D eigenvalue weighted by Crippen LogP contribution is 2.07. The second-order valence-electron chi connectivity index (χ2n) is 2.50. The van der Waals surface area contributed by atoms with Crippen LogP contribution in [0.4, 0.5) is 0 Å². The Morgan fingerprint density at radius 2 is 1.92 bits per heavy atom. The molecule has 0 saturated heterocycles. The number of Topliss-reactive ketones (excluding diaryl/α,β-unsaturated/α-hetero) is 1. The third-order valence-electron chi connectivity index (χ3n) is 1.29. The average Bonchev–Trinajstić information content (AvgIpc) is 2.58. The SMILES string of the molecule is C.CC.CC(C)C(=O)c1ccco1. The first kappa shape index (κ1) is 14.5. The fraction of sp³-hybridized carbons (Fsp3) is 0.545. The molecule has 0 fully saturated rings. The Kier molecular flexibility index (Phi) is 8.45. The van der Waals surface area contributed by atoms with E-state index in [0.717, 1.165) is 0 Å². The Hall–Kier alpha value is -1.05. The molecule has 1 rings (SSSR count). The van der Waals surface area contributed by atoms with Crippen molar-refractivity contribution >= 4 is 5.78 Å². The van der Waals surface area contributed by atoms with Crippen LogP contribution in [-0.2, 0) is 0 Å². The fourth-order valence-corrected chi connectivity index (χ4v) is 0.703. The minimum atomic E-state index is 0. The predicted molar refractivity (Wildman–Crippen MR) is 56.0 cm³/mol. The standard InChI is InChI=1S/C8H10O2.C2H6.CH4/c1-6(2)8(9)7-4-3-5-10-7;1-2;/h3-6H,1-2H3;1-2H3;1H4. The molecule has 1 heterocycles. The van der Waals surface area contributed by atoms with Gasteiger partial charge in [0.1, 0.15) is 0 Å². The Morgan fingerprint density at radius 3 is 2.23 bits per heavy atom. The summed E-state index contributed by atoms with van der Waals surface area (Å²) in [4.78, 5) is 11.1. The minimum absolute atomic E-state index is 0. The number of ketones is 1. The quantitative estimate of drug-likeness (QED) is 0.655. The van der Waals surface area contributed by atoms with Gasteiger partial charge in [0.15, 0.2) is 11.5 Å². The number of carbonyl (C=O) groups is 1. The van der Waals surface area contributed by atoms with E-state index in [1.54, 1.807) is 12.1 Å². The van der Waals surface area contributed by atoms with Crippen LogP contribution in [0.3, 0.4) is 0 Å². The molecule has 1 aromatic heterocycles. The van der Waals surface area contributed by atoms with Crippen LogP contribution in [0.5, 0.6) is 0 Å². The van der Waals surface area contributed by atoms with Crippen LogP contribution in [0.1, 0.15) is 45.7 Å². The Balaban J connectivity index is 0. The normalized spacial score (nSPS) is 8.38. The molecule has 0 aliphatic carbocycles. The van der Waals surface area contributed by atoms with Crippen molar-refractivity contribution in [2.24, 2.45) is 5.92 Å². The van der Waals surface area contributed by atoms with Gasteiger partial charge in [-0.25, -0.2) is 0 Å². The van der Waals surface area contributed by atoms with E-state index < -0.39 is 0 Å². The maximum absolute atomic E-state index is 11.1. The molecule has 0 bridgehead atoms. The summed E-state index contributed by atoms with van der Waals surface area (Å²) in [6.07, 6.45) is 1.51. The van der Waals surface area contributed by atoms with Crippen molar-refractivity contribution in [2.45, 2.75) is 35.1 Å². The molecule has 0 aromatic carbocycles. The first-order chi connectivity index (χ1) is 5.72. The van der Waals surface area contributed by atoms with Gasteiger partial charge in [-0.05, 0) is 12.1 Å². The van der Waals surface area contributed by atoms with Crippen LogP contribution in [-0.4, -0.2) is 5.78 Å². The van der Waals surface area contributed by atoms with E-state index in [1.807, 2.05) is 27.7 Å². The molecule has 2 nitrogen and oxygen atoms in total. The van der Waals surface area contributed by atoms with E-state index in [4.69, 9.17) is 4.42 Å². The van der Waals surface area contributed by atoms with Crippen molar-refractivity contribution in [3.05, 3.63) is 24.2 Å². The summed E-state index contributed by atoms with van der Waals surface area (Å²) >= 11 is 0. The average molecular weight is 184 g/mol. The number of rotatable bonds is 2. The lowest BCUT2D eigenvalue weighted by Gasteiger charge is -1.97. The third-order valence-corrected chi connectivity index (χ3v) is 1.29. The molecular weight excluding hydrogens is 164 g/mol. The van der Waals surface area contributed by atoms with Crippen LogP contribution < -0.4 is 0 Å². The molecule has 0 N–H and O–H groups in total. The van der Waals surface area contributed by atoms with E-state index in [-0.39, 0.29) is 19.1 Å². The lowest BCUT2D eigenvalue weighted by Crippen LogP contribution is -2.05. The van der Waals surface area contributed by atoms with Gasteiger partial charge in [0.25, 0.3) is 0 Å². The highest BCUT2D eigenvalue weighted by molar-refractivity contribution is 5.94. The largest absolute Gasteiger partial charge is 0.461 e. The van der Waals surface area contributed by atoms with Crippen molar-refractivity contribution in [3.63, 3.8) is 0 Å². The molecule has 0 aliphatic rings. The van der Waals surface area contributed by atoms with Gasteiger partial charge in [-0.1, -0.05) is 35.1 Å². The van der Waals surface area contributed by atoms with Crippen LogP contribution in [0, 0.1) is 5.92 Å². The first-order valence-electron chi connectivity index (χ1n) is 4.29. The Labute approximate surface area is 81.0 Å². The summed E-state index contributed by atoms with van der Waals surface area (Å²) in [7, 11) is 0. The molecule has 0 aliphatic heterocycles. The van der Waals surface area contributed by atoms with Gasteiger partial charge in [0.05, 0.1) is 6.26 Å². The molecule has 0 amide bonds. The number of carbonyl (C=O) groups excluding carboxylic acids is 1. The highest BCUT2D eigenvalue weighted by atomic mass is 16.3. The van der Waals surface area contributed by atoms with Crippen molar-refractivity contribution in [2.75, 3.05) is 0 Å². The maximum atomic E-state index is 11.1. The fourth-order valence-electron chi connectivity index (χ4n) is 0.703. The molecule has 13 heavy (non-hydrogen) atoms. The van der Waals surface area contributed by atoms with Crippen LogP contribution in [0.2, 0.25) is 0 Å². The number of hydrogen-bond donors (Lipinski definition) is 0. The second kappa shape index (κ2) is 7.59. The maximum Gasteiger partial charge on any atom is 0.200 e. The zero-order chi connectivity index (χ0) is 9.56. The van der Waals surface area contributed by atoms with Gasteiger partial charge in [-0.2, -0.15) is 0 Å². The molecule has 0 saturated carbocycles. The third kappa shape index (κ3) is 4.51. The summed E-state index contributed by atoms with van der Waals surface area (Å²) in [6.45, 7) is 7.70. The summed E-state index contributed by atoms with van der Waals surface area (Å²) < 4.78 is 4.91. The molecular formula is C11H20O2. The number of furan rings is 1. The smallest absolute Gasteiger partial charge is 0.200 e. The van der Waals surface area contributed by atoms with Crippen LogP contribution in [0.15, 0.2) is 22.8 Å². The lowest BCUT2D eigenvalue weighted by atomic mass is 10.1. The molecule has 1 aromatic rings. The second-order valence-corrected chi connectivity index (χ2v) is 2.50. The summed E-state index contributed by atoms with van der Waals surface area (Å²) in [6, 6.07) is 3.40. The molecule has 0 unspecified atom stereocenters. The van der Waals surface area contributed by atoms with Crippen LogP contribution >= 0.6 is 0 Å². The van der Waals surface area contributed by atoms with Gasteiger partial charge in [0.2, 0.25) is 0 Å². The van der Waals surface area contributed by atoms with Gasteiger partial charge in [-0.15, -0.1) is 0 Å². The van der Waals surface area contributed by atoms with Crippen molar-refractivity contribution < 1.29 is 9.21 Å². The first-order valence-corrected chi connectivity index (χ1v) is 4.29. The Bertz CT molecular complexity index is 210. The molecule has 76 valence electrons. The molecule has 2 heteroatoms. The van der Waals surface area contributed by atoms with Crippen molar-refractivity contribution in [3.8, 4) is 0 Å². The van der Waals surface area contributed by atoms with Gasteiger partial charge >= 0.3 is 0 Å². The number of hydrogen-bond acceptors (Lipinski definition) is 2. The summed E-state index contributed by atoms with van der Waals surface area (Å²) in [5.74, 6) is 0.533. The van der Waals surface area contributed by atoms with Crippen molar-refractivity contribution in [1.82, 2.24) is 0 Å². The van der Waals surface area contributed by atoms with Gasteiger partial charge in [0, 0.05) is 5.92 Å². The van der Waals surface area contributed by atoms with E-state index in [9.17, 15) is 4.79 Å². The van der Waals surface area contributed by atoms with E-state index >= 15 is 0 Å². The monoisotopic (exact) mass is 184 g/mol. The van der Waals surface area contributed by atoms with E-state index in [2.05, 4.69) is 0 Å². The van der Waals surface area contributed by atoms with E-state index in [0.29, 0.717) is 5.76 Å². The summed E-state index contributed by atoms with van der Waals surface area (Å²) in [5.41, 5.74) is 0. The summed E-state index contributed by atoms with van der Waals surface area (Å²) in [5, 5.41) is 0. The zero-order valence-electron chi connectivity index (χ0n) is 8.13. The zero-order valence-corrected chi connectivity index (χ0v) is 8.13. The minimum Gasteiger partial charge on any atom is -0.461 e. The van der Waals surface area contributed by atoms with Crippen molar-refractivity contribution in [1.29, 1.82) is 0 Å². The highest BCUT2D eigenvalue weighted by Gasteiger charge is 2.11. The topological polar surface area (TPSA) is 30.2 Å². The van der Waals surface area contributed by atoms with Gasteiger partial charge in [-0.3, -0.25) is 4.79 Å².